The van der Waals surface area contributed by atoms with E-state index >= 15 is 0 Å². The molecule has 4 N–H and O–H groups in total. The Morgan fingerprint density at radius 1 is 1.73 bits per heavy atom. The molecule has 1 aliphatic heterocycles. The number of nitrogens with zero attached hydrogens (tertiary/aromatic N) is 2. The van der Waals surface area contributed by atoms with Crippen molar-refractivity contribution in [2.75, 3.05) is 13.7 Å². The number of rotatable bonds is 2. The van der Waals surface area contributed by atoms with Crippen LogP contribution in [-0.2, 0) is 9.63 Å². The molecule has 84 valence electrons. The molecule has 8 nitrogen and oxygen atoms in total. The average Bonchev–Trinajstić information content (AvgIpc) is 2.61. The number of oxime groups is 1. The smallest absolute Gasteiger partial charge is 0.408 e. The van der Waals surface area contributed by atoms with Crippen molar-refractivity contribution in [3.8, 4) is 0 Å². The topological polar surface area (TPSA) is 117 Å². The summed E-state index contributed by atoms with van der Waals surface area (Å²) >= 11 is 0. The highest BCUT2D eigenvalue weighted by Crippen LogP contribution is 2.15. The molecule has 0 bridgehead atoms. The number of nitrogens with two attached hydrogens (primary N) is 1. The van der Waals surface area contributed by atoms with Gasteiger partial charge in [-0.15, -0.1) is 0 Å². The van der Waals surface area contributed by atoms with Crippen LogP contribution in [0.3, 0.4) is 0 Å². The predicted molar refractivity (Wildman–Crippen MR) is 49.9 cm³/mol. The zero-order valence-electron chi connectivity index (χ0n) is 8.14. The SMILES string of the molecule is CO/N=C1\C[C@@H](C(=O)NN)N(C(=O)O)C1. The third-order valence-corrected chi connectivity index (χ3v) is 2.07. The standard InChI is InChI=1S/C7H12N4O4/c1-15-10-4-2-5(6(12)9-8)11(3-4)7(13)14/h5H,2-3,8H2,1H3,(H,9,12)(H,13,14)/b10-4+/t5-/m0/s1. The van der Waals surface area contributed by atoms with Gasteiger partial charge in [-0.2, -0.15) is 0 Å². The number of nitrogens with one attached hydrogen (secondary N) is 1. The van der Waals surface area contributed by atoms with Gasteiger partial charge in [0, 0.05) is 6.42 Å². The lowest BCUT2D eigenvalue weighted by atomic mass is 10.2. The fourth-order valence-corrected chi connectivity index (χ4v) is 1.43. The summed E-state index contributed by atoms with van der Waals surface area (Å²) in [6.07, 6.45) is -0.992. The monoisotopic (exact) mass is 216 g/mol. The molecule has 0 aromatic carbocycles. The number of carbonyl (C=O) groups excluding carboxylic acids is 1. The minimum atomic E-state index is -1.19. The van der Waals surface area contributed by atoms with E-state index in [-0.39, 0.29) is 13.0 Å². The summed E-state index contributed by atoms with van der Waals surface area (Å²) in [5.74, 6) is 4.39. The molecule has 0 spiro atoms. The van der Waals surface area contributed by atoms with Gasteiger partial charge in [-0.25, -0.2) is 10.6 Å². The first-order chi connectivity index (χ1) is 7.10. The molecule has 1 atom stereocenters. The van der Waals surface area contributed by atoms with Crippen molar-refractivity contribution in [3.63, 3.8) is 0 Å². The summed E-state index contributed by atoms with van der Waals surface area (Å²) in [4.78, 5) is 27.5. The normalized spacial score (nSPS) is 22.9. The summed E-state index contributed by atoms with van der Waals surface area (Å²) in [6.45, 7) is 0.0568. The van der Waals surface area contributed by atoms with Crippen LogP contribution in [0.15, 0.2) is 5.16 Å². The molecule has 1 rings (SSSR count). The molecule has 15 heavy (non-hydrogen) atoms. The van der Waals surface area contributed by atoms with Crippen LogP contribution in [0, 0.1) is 0 Å². The van der Waals surface area contributed by atoms with Crippen molar-refractivity contribution >= 4 is 17.7 Å². The molecular weight excluding hydrogens is 204 g/mol. The molecule has 1 aliphatic rings. The molecule has 0 aromatic rings. The van der Waals surface area contributed by atoms with Crippen molar-refractivity contribution in [2.45, 2.75) is 12.5 Å². The van der Waals surface area contributed by atoms with Crippen molar-refractivity contribution < 1.29 is 19.5 Å². The molecule has 0 radical (unpaired) electrons. The molecule has 1 fully saturated rings. The maximum absolute atomic E-state index is 11.2. The first-order valence-corrected chi connectivity index (χ1v) is 4.19. The van der Waals surface area contributed by atoms with Gasteiger partial charge in [0.2, 0.25) is 0 Å². The number of carboxylic acid groups (broad SMARTS) is 1. The van der Waals surface area contributed by atoms with Gasteiger partial charge in [-0.3, -0.25) is 15.1 Å². The minimum absolute atomic E-state index is 0.0568. The summed E-state index contributed by atoms with van der Waals surface area (Å²) in [6, 6.07) is -0.832. The van der Waals surface area contributed by atoms with E-state index in [9.17, 15) is 9.59 Å². The van der Waals surface area contributed by atoms with Crippen LogP contribution in [0.5, 0.6) is 0 Å². The maximum atomic E-state index is 11.2. The quantitative estimate of drug-likeness (QED) is 0.302. The van der Waals surface area contributed by atoms with Gasteiger partial charge < -0.3 is 9.94 Å². The first-order valence-electron chi connectivity index (χ1n) is 4.19. The van der Waals surface area contributed by atoms with Crippen LogP contribution in [0.25, 0.3) is 0 Å². The van der Waals surface area contributed by atoms with Gasteiger partial charge in [0.1, 0.15) is 13.2 Å². The van der Waals surface area contributed by atoms with Crippen LogP contribution in [-0.4, -0.2) is 47.4 Å². The van der Waals surface area contributed by atoms with E-state index in [0.717, 1.165) is 4.90 Å². The largest absolute Gasteiger partial charge is 0.465 e. The molecule has 0 saturated carbocycles. The van der Waals surface area contributed by atoms with Crippen LogP contribution < -0.4 is 11.3 Å². The van der Waals surface area contributed by atoms with Crippen LogP contribution >= 0.6 is 0 Å². The summed E-state index contributed by atoms with van der Waals surface area (Å²) in [5, 5.41) is 12.4. The zero-order valence-corrected chi connectivity index (χ0v) is 8.14. The third kappa shape index (κ3) is 2.34. The number of hydrogen-bond acceptors (Lipinski definition) is 5. The molecule has 1 heterocycles. The number of likely N-dealkylation sites (tertiary alicyclic amines) is 1. The van der Waals surface area contributed by atoms with Crippen molar-refractivity contribution in [3.05, 3.63) is 0 Å². The number of hydrazine groups is 1. The third-order valence-electron chi connectivity index (χ3n) is 2.07. The van der Waals surface area contributed by atoms with E-state index in [1.54, 1.807) is 0 Å². The van der Waals surface area contributed by atoms with E-state index in [1.807, 2.05) is 5.43 Å². The molecular formula is C7H12N4O4. The van der Waals surface area contributed by atoms with Crippen LogP contribution in [0.4, 0.5) is 4.79 Å². The van der Waals surface area contributed by atoms with E-state index < -0.39 is 18.0 Å². The van der Waals surface area contributed by atoms with E-state index in [1.165, 1.54) is 7.11 Å². The molecule has 1 saturated heterocycles. The lowest BCUT2D eigenvalue weighted by Crippen LogP contribution is -2.47. The Morgan fingerprint density at radius 2 is 2.40 bits per heavy atom. The highest BCUT2D eigenvalue weighted by Gasteiger charge is 2.37. The zero-order chi connectivity index (χ0) is 11.4. The predicted octanol–water partition coefficient (Wildman–Crippen LogP) is -1.27. The van der Waals surface area contributed by atoms with Gasteiger partial charge in [0.15, 0.2) is 0 Å². The van der Waals surface area contributed by atoms with Gasteiger partial charge in [-0.1, -0.05) is 5.16 Å². The molecule has 0 aliphatic carbocycles. The second kappa shape index (κ2) is 4.60. The van der Waals surface area contributed by atoms with Gasteiger partial charge >= 0.3 is 6.09 Å². The van der Waals surface area contributed by atoms with E-state index in [0.29, 0.717) is 5.71 Å². The molecule has 0 aromatic heterocycles. The van der Waals surface area contributed by atoms with Crippen LogP contribution in [0.1, 0.15) is 6.42 Å². The Balaban J connectivity index is 2.81. The first kappa shape index (κ1) is 11.2. The number of amides is 2. The number of carbonyl (C=O) groups is 2. The highest BCUT2D eigenvalue weighted by molar-refractivity contribution is 5.99. The average molecular weight is 216 g/mol. The maximum Gasteiger partial charge on any atom is 0.408 e. The minimum Gasteiger partial charge on any atom is -0.465 e. The molecule has 0 unspecified atom stereocenters. The van der Waals surface area contributed by atoms with Crippen LogP contribution in [0.2, 0.25) is 0 Å². The molecule has 2 amide bonds. The Labute approximate surface area is 85.6 Å². The van der Waals surface area contributed by atoms with E-state index in [2.05, 4.69) is 9.99 Å². The van der Waals surface area contributed by atoms with Crippen molar-refractivity contribution in [1.29, 1.82) is 0 Å². The van der Waals surface area contributed by atoms with Crippen molar-refractivity contribution in [1.82, 2.24) is 10.3 Å². The summed E-state index contributed by atoms with van der Waals surface area (Å²) in [5.41, 5.74) is 2.41. The van der Waals surface area contributed by atoms with Crippen molar-refractivity contribution in [2.24, 2.45) is 11.0 Å². The fraction of sp³-hybridized carbons (Fsp3) is 0.571. The summed E-state index contributed by atoms with van der Waals surface area (Å²) < 4.78 is 0. The number of hydrogen-bond donors (Lipinski definition) is 3. The lowest BCUT2D eigenvalue weighted by Gasteiger charge is -2.18. The fourth-order valence-electron chi connectivity index (χ4n) is 1.43. The highest BCUT2D eigenvalue weighted by atomic mass is 16.6. The summed E-state index contributed by atoms with van der Waals surface area (Å²) in [7, 11) is 1.36. The molecule has 8 heteroatoms. The second-order valence-corrected chi connectivity index (χ2v) is 2.98. The van der Waals surface area contributed by atoms with Gasteiger partial charge in [0.05, 0.1) is 12.3 Å². The Hall–Kier alpha value is -1.83. The Kier molecular flexibility index (Phi) is 3.45. The van der Waals surface area contributed by atoms with Gasteiger partial charge in [0.25, 0.3) is 5.91 Å². The Bertz CT molecular complexity index is 303. The van der Waals surface area contributed by atoms with E-state index in [4.69, 9.17) is 10.9 Å². The lowest BCUT2D eigenvalue weighted by molar-refractivity contribution is -0.125. The van der Waals surface area contributed by atoms with Gasteiger partial charge in [-0.05, 0) is 0 Å². The Morgan fingerprint density at radius 3 is 2.87 bits per heavy atom. The second-order valence-electron chi connectivity index (χ2n) is 2.98.